The van der Waals surface area contributed by atoms with Crippen molar-refractivity contribution in [1.29, 1.82) is 0 Å². The molecule has 3 heteroatoms. The van der Waals surface area contributed by atoms with Crippen molar-refractivity contribution in [2.24, 2.45) is 0 Å². The quantitative estimate of drug-likeness (QED) is 0.672. The van der Waals surface area contributed by atoms with E-state index in [0.29, 0.717) is 0 Å². The Morgan fingerprint density at radius 1 is 1.31 bits per heavy atom. The van der Waals surface area contributed by atoms with E-state index in [1.165, 1.54) is 32.4 Å². The Kier molecular flexibility index (Phi) is 3.19. The molecule has 1 N–H and O–H groups in total. The zero-order valence-corrected chi connectivity index (χ0v) is 8.46. The Bertz CT molecular complexity index is 153. The molecule has 1 aliphatic heterocycles. The number of nitrogens with zero attached hydrogens (tertiary/aromatic N) is 1. The topological polar surface area (TPSA) is 24.5 Å². The van der Waals surface area contributed by atoms with Gasteiger partial charge in [0, 0.05) is 32.3 Å². The third-order valence-corrected chi connectivity index (χ3v) is 3.07. The Labute approximate surface area is 80.4 Å². The average molecular weight is 184 g/mol. The first-order valence-corrected chi connectivity index (χ1v) is 5.37. The van der Waals surface area contributed by atoms with Crippen molar-refractivity contribution >= 4 is 0 Å². The fourth-order valence-corrected chi connectivity index (χ4v) is 2.19. The molecule has 1 aliphatic carbocycles. The zero-order chi connectivity index (χ0) is 9.10. The Morgan fingerprint density at radius 2 is 2.15 bits per heavy atom. The van der Waals surface area contributed by atoms with Gasteiger partial charge in [-0.2, -0.15) is 0 Å². The van der Waals surface area contributed by atoms with Gasteiger partial charge in [0.25, 0.3) is 0 Å². The molecule has 1 saturated heterocycles. The lowest BCUT2D eigenvalue weighted by Crippen LogP contribution is -2.40. The lowest BCUT2D eigenvalue weighted by atomic mass is 10.2. The molecule has 0 amide bonds. The van der Waals surface area contributed by atoms with Crippen LogP contribution in [0.3, 0.4) is 0 Å². The lowest BCUT2D eigenvalue weighted by molar-refractivity contribution is 0.119. The summed E-state index contributed by atoms with van der Waals surface area (Å²) in [7, 11) is 1.79. The summed E-state index contributed by atoms with van der Waals surface area (Å²) >= 11 is 0. The van der Waals surface area contributed by atoms with E-state index >= 15 is 0 Å². The van der Waals surface area contributed by atoms with Crippen molar-refractivity contribution in [3.05, 3.63) is 0 Å². The summed E-state index contributed by atoms with van der Waals surface area (Å²) < 4.78 is 5.15. The molecule has 0 aromatic heterocycles. The van der Waals surface area contributed by atoms with Crippen LogP contribution in [0.1, 0.15) is 19.3 Å². The van der Waals surface area contributed by atoms with Gasteiger partial charge in [-0.25, -0.2) is 0 Å². The minimum Gasteiger partial charge on any atom is -0.383 e. The molecule has 0 spiro atoms. The Hall–Kier alpha value is -0.120. The number of ether oxygens (including phenoxy) is 1. The number of rotatable bonds is 5. The summed E-state index contributed by atoms with van der Waals surface area (Å²) in [5.74, 6) is 0. The second kappa shape index (κ2) is 4.40. The summed E-state index contributed by atoms with van der Waals surface area (Å²) in [6, 6.07) is 1.66. The summed E-state index contributed by atoms with van der Waals surface area (Å²) in [6.45, 7) is 4.38. The van der Waals surface area contributed by atoms with Gasteiger partial charge in [-0.1, -0.05) is 0 Å². The molecule has 0 aromatic rings. The first-order valence-electron chi connectivity index (χ1n) is 5.37. The van der Waals surface area contributed by atoms with E-state index in [1.54, 1.807) is 7.11 Å². The number of hydrogen-bond donors (Lipinski definition) is 1. The fraction of sp³-hybridized carbons (Fsp3) is 1.00. The van der Waals surface area contributed by atoms with Gasteiger partial charge < -0.3 is 10.1 Å². The summed E-state index contributed by atoms with van der Waals surface area (Å²) in [4.78, 5) is 2.64. The highest BCUT2D eigenvalue weighted by Crippen LogP contribution is 2.29. The molecule has 13 heavy (non-hydrogen) atoms. The summed E-state index contributed by atoms with van der Waals surface area (Å²) in [5.41, 5.74) is 0. The second-order valence-corrected chi connectivity index (χ2v) is 4.11. The molecule has 2 aliphatic rings. The van der Waals surface area contributed by atoms with Crippen LogP contribution in [-0.2, 0) is 4.74 Å². The van der Waals surface area contributed by atoms with Gasteiger partial charge in [-0.05, 0) is 25.8 Å². The maximum absolute atomic E-state index is 5.15. The predicted molar refractivity (Wildman–Crippen MR) is 52.9 cm³/mol. The molecule has 1 heterocycles. The second-order valence-electron chi connectivity index (χ2n) is 4.11. The third-order valence-electron chi connectivity index (χ3n) is 3.07. The highest BCUT2D eigenvalue weighted by atomic mass is 16.5. The molecule has 1 saturated carbocycles. The van der Waals surface area contributed by atoms with E-state index in [0.717, 1.165) is 25.2 Å². The molecule has 0 radical (unpaired) electrons. The Balaban J connectivity index is 1.80. The van der Waals surface area contributed by atoms with Crippen LogP contribution >= 0.6 is 0 Å². The molecule has 2 fully saturated rings. The molecule has 76 valence electrons. The van der Waals surface area contributed by atoms with Gasteiger partial charge >= 0.3 is 0 Å². The minimum atomic E-state index is 0.780. The van der Waals surface area contributed by atoms with E-state index in [-0.39, 0.29) is 0 Å². The van der Waals surface area contributed by atoms with Crippen LogP contribution in [0.5, 0.6) is 0 Å². The Morgan fingerprint density at radius 3 is 2.69 bits per heavy atom. The molecular weight excluding hydrogens is 164 g/mol. The average Bonchev–Trinajstić information content (AvgIpc) is 2.82. The van der Waals surface area contributed by atoms with Crippen LogP contribution in [0.25, 0.3) is 0 Å². The van der Waals surface area contributed by atoms with Crippen LogP contribution in [0.2, 0.25) is 0 Å². The maximum Gasteiger partial charge on any atom is 0.0589 e. The standard InChI is InChI=1S/C10H20N2O/c1-13-7-6-12(9-2-3-9)10-4-5-11-8-10/h9-11H,2-8H2,1H3. The van der Waals surface area contributed by atoms with Gasteiger partial charge in [0.05, 0.1) is 6.61 Å². The molecular formula is C10H20N2O. The van der Waals surface area contributed by atoms with Gasteiger partial charge in [0.15, 0.2) is 0 Å². The minimum absolute atomic E-state index is 0.780. The lowest BCUT2D eigenvalue weighted by Gasteiger charge is -2.27. The molecule has 2 rings (SSSR count). The smallest absolute Gasteiger partial charge is 0.0589 e. The van der Waals surface area contributed by atoms with E-state index in [4.69, 9.17) is 4.74 Å². The van der Waals surface area contributed by atoms with Crippen molar-refractivity contribution in [1.82, 2.24) is 10.2 Å². The largest absolute Gasteiger partial charge is 0.383 e. The van der Waals surface area contributed by atoms with Gasteiger partial charge in [0.1, 0.15) is 0 Å². The normalized spacial score (nSPS) is 28.6. The molecule has 0 aromatic carbocycles. The van der Waals surface area contributed by atoms with Crippen molar-refractivity contribution in [3.8, 4) is 0 Å². The first-order chi connectivity index (χ1) is 6.42. The SMILES string of the molecule is COCCN(C1CC1)C1CCNC1. The van der Waals surface area contributed by atoms with Crippen molar-refractivity contribution < 1.29 is 4.74 Å². The van der Waals surface area contributed by atoms with Gasteiger partial charge in [-0.3, -0.25) is 4.90 Å². The van der Waals surface area contributed by atoms with Crippen molar-refractivity contribution in [2.75, 3.05) is 33.4 Å². The van der Waals surface area contributed by atoms with Crippen LogP contribution in [-0.4, -0.2) is 50.3 Å². The van der Waals surface area contributed by atoms with Crippen LogP contribution in [0.15, 0.2) is 0 Å². The van der Waals surface area contributed by atoms with E-state index in [2.05, 4.69) is 10.2 Å². The van der Waals surface area contributed by atoms with Gasteiger partial charge in [0.2, 0.25) is 0 Å². The van der Waals surface area contributed by atoms with Crippen LogP contribution in [0.4, 0.5) is 0 Å². The number of hydrogen-bond acceptors (Lipinski definition) is 3. The number of nitrogens with one attached hydrogen (secondary N) is 1. The molecule has 0 bridgehead atoms. The number of methoxy groups -OCH3 is 1. The summed E-state index contributed by atoms with van der Waals surface area (Å²) in [6.07, 6.45) is 4.13. The first kappa shape index (κ1) is 9.44. The maximum atomic E-state index is 5.15. The molecule has 3 nitrogen and oxygen atoms in total. The summed E-state index contributed by atoms with van der Waals surface area (Å²) in [5, 5.41) is 3.43. The fourth-order valence-electron chi connectivity index (χ4n) is 2.19. The van der Waals surface area contributed by atoms with Crippen LogP contribution < -0.4 is 5.32 Å². The molecule has 1 atom stereocenters. The van der Waals surface area contributed by atoms with E-state index in [9.17, 15) is 0 Å². The molecule has 1 unspecified atom stereocenters. The van der Waals surface area contributed by atoms with Crippen molar-refractivity contribution in [2.45, 2.75) is 31.3 Å². The highest BCUT2D eigenvalue weighted by molar-refractivity contribution is 4.91. The monoisotopic (exact) mass is 184 g/mol. The van der Waals surface area contributed by atoms with E-state index < -0.39 is 0 Å². The predicted octanol–water partition coefficient (Wildman–Crippen LogP) is 0.459. The third kappa shape index (κ3) is 2.42. The highest BCUT2D eigenvalue weighted by Gasteiger charge is 2.34. The van der Waals surface area contributed by atoms with Crippen molar-refractivity contribution in [3.63, 3.8) is 0 Å². The van der Waals surface area contributed by atoms with Crippen LogP contribution in [0, 0.1) is 0 Å². The zero-order valence-electron chi connectivity index (χ0n) is 8.46. The van der Waals surface area contributed by atoms with E-state index in [1.807, 2.05) is 0 Å². The van der Waals surface area contributed by atoms with Gasteiger partial charge in [-0.15, -0.1) is 0 Å².